The first-order valence-corrected chi connectivity index (χ1v) is 7.86. The van der Waals surface area contributed by atoms with Crippen molar-refractivity contribution in [2.45, 2.75) is 38.0 Å². The van der Waals surface area contributed by atoms with Gasteiger partial charge in [-0.3, -0.25) is 0 Å². The van der Waals surface area contributed by atoms with Gasteiger partial charge in [0.15, 0.2) is 0 Å². The summed E-state index contributed by atoms with van der Waals surface area (Å²) in [5.41, 5.74) is 0.821. The highest BCUT2D eigenvalue weighted by Crippen LogP contribution is 2.25. The summed E-state index contributed by atoms with van der Waals surface area (Å²) in [5.74, 6) is 0.468. The molecule has 0 aromatic carbocycles. The molecule has 0 atom stereocenters. The van der Waals surface area contributed by atoms with E-state index in [-0.39, 0.29) is 10.8 Å². The van der Waals surface area contributed by atoms with E-state index in [0.29, 0.717) is 17.3 Å². The van der Waals surface area contributed by atoms with Gasteiger partial charge in [-0.05, 0) is 30.9 Å². The molecule has 1 rings (SSSR count). The number of aliphatic hydroxyl groups excluding tert-OH is 1. The van der Waals surface area contributed by atoms with Crippen LogP contribution in [-0.2, 0) is 16.6 Å². The Bertz CT molecular complexity index is 463. The van der Waals surface area contributed by atoms with Crippen molar-refractivity contribution in [1.82, 2.24) is 4.72 Å². The fraction of sp³-hybridized carbons (Fsp3) is 0.636. The molecule has 0 spiro atoms. The van der Waals surface area contributed by atoms with E-state index in [4.69, 9.17) is 5.11 Å². The number of aryl methyl sites for hydroxylation is 1. The predicted molar refractivity (Wildman–Crippen MR) is 69.6 cm³/mol. The number of aliphatic hydroxyl groups is 1. The Morgan fingerprint density at radius 1 is 1.47 bits per heavy atom. The Morgan fingerprint density at radius 2 is 2.12 bits per heavy atom. The van der Waals surface area contributed by atoms with Gasteiger partial charge in [-0.2, -0.15) is 0 Å². The van der Waals surface area contributed by atoms with Crippen molar-refractivity contribution in [2.75, 3.05) is 6.54 Å². The Morgan fingerprint density at radius 3 is 2.59 bits per heavy atom. The molecular formula is C11H19NO3S2. The largest absolute Gasteiger partial charge is 0.391 e. The molecule has 98 valence electrons. The van der Waals surface area contributed by atoms with Crippen LogP contribution in [0, 0.1) is 12.8 Å². The normalized spacial score (nSPS) is 12.3. The van der Waals surface area contributed by atoms with E-state index in [0.717, 1.165) is 23.3 Å². The Labute approximate surface area is 107 Å². The van der Waals surface area contributed by atoms with Crippen LogP contribution < -0.4 is 4.72 Å². The van der Waals surface area contributed by atoms with Crippen molar-refractivity contribution in [3.63, 3.8) is 0 Å². The zero-order chi connectivity index (χ0) is 13.1. The molecule has 0 amide bonds. The molecule has 4 nitrogen and oxygen atoms in total. The van der Waals surface area contributed by atoms with Crippen LogP contribution in [0.15, 0.2) is 10.3 Å². The highest BCUT2D eigenvalue weighted by atomic mass is 32.2. The zero-order valence-corrected chi connectivity index (χ0v) is 12.0. The Hall–Kier alpha value is -0.430. The van der Waals surface area contributed by atoms with Crippen LogP contribution in [0.3, 0.4) is 0 Å². The van der Waals surface area contributed by atoms with Gasteiger partial charge in [-0.25, -0.2) is 13.1 Å². The first-order valence-electron chi connectivity index (χ1n) is 5.56. The van der Waals surface area contributed by atoms with E-state index < -0.39 is 10.0 Å². The molecular weight excluding hydrogens is 258 g/mol. The summed E-state index contributed by atoms with van der Waals surface area (Å²) < 4.78 is 26.7. The van der Waals surface area contributed by atoms with Gasteiger partial charge < -0.3 is 5.11 Å². The van der Waals surface area contributed by atoms with Gasteiger partial charge in [0.25, 0.3) is 0 Å². The summed E-state index contributed by atoms with van der Waals surface area (Å²) in [6.07, 6.45) is 0.816. The van der Waals surface area contributed by atoms with Crippen molar-refractivity contribution in [3.8, 4) is 0 Å². The fourth-order valence-electron chi connectivity index (χ4n) is 1.33. The van der Waals surface area contributed by atoms with Gasteiger partial charge in [-0.1, -0.05) is 13.8 Å². The van der Waals surface area contributed by atoms with Crippen LogP contribution >= 0.6 is 11.3 Å². The molecule has 1 heterocycles. The number of thiophene rings is 1. The number of sulfonamides is 1. The molecule has 1 aromatic heterocycles. The smallest absolute Gasteiger partial charge is 0.250 e. The molecule has 6 heteroatoms. The minimum Gasteiger partial charge on any atom is -0.391 e. The van der Waals surface area contributed by atoms with Gasteiger partial charge in [0.1, 0.15) is 4.21 Å². The van der Waals surface area contributed by atoms with Gasteiger partial charge in [0.05, 0.1) is 6.61 Å². The summed E-state index contributed by atoms with van der Waals surface area (Å²) in [5, 5.41) is 9.04. The van der Waals surface area contributed by atoms with Gasteiger partial charge in [0.2, 0.25) is 10.0 Å². The topological polar surface area (TPSA) is 66.4 Å². The van der Waals surface area contributed by atoms with E-state index in [1.165, 1.54) is 0 Å². The first-order chi connectivity index (χ1) is 7.86. The predicted octanol–water partition coefficient (Wildman–Crippen LogP) is 1.87. The molecule has 0 aliphatic heterocycles. The summed E-state index contributed by atoms with van der Waals surface area (Å²) in [4.78, 5) is 0.703. The van der Waals surface area contributed by atoms with Crippen LogP contribution in [0.1, 0.15) is 30.7 Å². The molecule has 0 unspecified atom stereocenters. The van der Waals surface area contributed by atoms with Crippen molar-refractivity contribution in [3.05, 3.63) is 16.5 Å². The average Bonchev–Trinajstić information content (AvgIpc) is 2.59. The maximum absolute atomic E-state index is 11.9. The van der Waals surface area contributed by atoms with E-state index >= 15 is 0 Å². The summed E-state index contributed by atoms with van der Waals surface area (Å²) in [6, 6.07) is 1.61. The van der Waals surface area contributed by atoms with E-state index in [9.17, 15) is 8.42 Å². The third-order valence-electron chi connectivity index (χ3n) is 2.42. The van der Waals surface area contributed by atoms with Gasteiger partial charge >= 0.3 is 0 Å². The number of rotatable bonds is 6. The minimum atomic E-state index is -3.41. The molecule has 0 fully saturated rings. The molecule has 2 N–H and O–H groups in total. The van der Waals surface area contributed by atoms with E-state index in [1.54, 1.807) is 13.0 Å². The number of nitrogens with one attached hydrogen (secondary N) is 1. The highest BCUT2D eigenvalue weighted by Gasteiger charge is 2.18. The lowest BCUT2D eigenvalue weighted by Crippen LogP contribution is -2.24. The second-order valence-corrected chi connectivity index (χ2v) is 7.54. The second kappa shape index (κ2) is 5.95. The lowest BCUT2D eigenvalue weighted by atomic mass is 10.1. The average molecular weight is 277 g/mol. The van der Waals surface area contributed by atoms with Gasteiger partial charge in [0, 0.05) is 11.4 Å². The van der Waals surface area contributed by atoms with Crippen LogP contribution in [0.5, 0.6) is 0 Å². The molecule has 0 radical (unpaired) electrons. The van der Waals surface area contributed by atoms with Crippen molar-refractivity contribution in [2.24, 2.45) is 5.92 Å². The van der Waals surface area contributed by atoms with Crippen LogP contribution in [-0.4, -0.2) is 20.1 Å². The lowest BCUT2D eigenvalue weighted by Gasteiger charge is -2.06. The number of hydrogen-bond acceptors (Lipinski definition) is 4. The van der Waals surface area contributed by atoms with Crippen LogP contribution in [0.4, 0.5) is 0 Å². The highest BCUT2D eigenvalue weighted by molar-refractivity contribution is 7.91. The third kappa shape index (κ3) is 4.06. The third-order valence-corrected chi connectivity index (χ3v) is 5.58. The molecule has 1 aromatic rings. The first kappa shape index (κ1) is 14.6. The molecule has 0 aliphatic rings. The van der Waals surface area contributed by atoms with Crippen molar-refractivity contribution in [1.29, 1.82) is 0 Å². The fourth-order valence-corrected chi connectivity index (χ4v) is 3.87. The summed E-state index contributed by atoms with van der Waals surface area (Å²) >= 11 is 1.12. The molecule has 0 bridgehead atoms. The monoisotopic (exact) mass is 277 g/mol. The SMILES string of the molecule is Cc1cc(S(=O)(=O)NCCC(C)C)sc1CO. The Kier molecular flexibility index (Phi) is 5.12. The van der Waals surface area contributed by atoms with Crippen molar-refractivity contribution < 1.29 is 13.5 Å². The standard InChI is InChI=1S/C11H19NO3S2/c1-8(2)4-5-12-17(14,15)11-6-9(3)10(7-13)16-11/h6,8,12-13H,4-5,7H2,1-3H3. The molecule has 0 saturated carbocycles. The molecule has 0 aliphatic carbocycles. The quantitative estimate of drug-likeness (QED) is 0.834. The Balaban J connectivity index is 2.75. The van der Waals surface area contributed by atoms with Crippen LogP contribution in [0.2, 0.25) is 0 Å². The lowest BCUT2D eigenvalue weighted by molar-refractivity contribution is 0.285. The zero-order valence-electron chi connectivity index (χ0n) is 10.4. The maximum Gasteiger partial charge on any atom is 0.250 e. The van der Waals surface area contributed by atoms with E-state index in [1.807, 2.05) is 13.8 Å². The summed E-state index contributed by atoms with van der Waals surface area (Å²) in [7, 11) is -3.41. The van der Waals surface area contributed by atoms with Crippen molar-refractivity contribution >= 4 is 21.4 Å². The number of hydrogen-bond donors (Lipinski definition) is 2. The maximum atomic E-state index is 11.9. The molecule has 0 saturated heterocycles. The van der Waals surface area contributed by atoms with Gasteiger partial charge in [-0.15, -0.1) is 11.3 Å². The van der Waals surface area contributed by atoms with Crippen LogP contribution in [0.25, 0.3) is 0 Å². The minimum absolute atomic E-state index is 0.113. The summed E-state index contributed by atoms with van der Waals surface area (Å²) in [6.45, 7) is 6.24. The van der Waals surface area contributed by atoms with E-state index in [2.05, 4.69) is 4.72 Å². The second-order valence-electron chi connectivity index (χ2n) is 4.41. The molecule has 17 heavy (non-hydrogen) atoms.